The van der Waals surface area contributed by atoms with E-state index >= 15 is 0 Å². The Morgan fingerprint density at radius 3 is 2.39 bits per heavy atom. The summed E-state index contributed by atoms with van der Waals surface area (Å²) >= 11 is 0. The molecule has 0 radical (unpaired) electrons. The highest BCUT2D eigenvalue weighted by Gasteiger charge is 2.33. The maximum Gasteiger partial charge on any atom is 0.0252 e. The van der Waals surface area contributed by atoms with E-state index in [9.17, 15) is 0 Å². The van der Waals surface area contributed by atoms with Gasteiger partial charge in [0.15, 0.2) is 0 Å². The summed E-state index contributed by atoms with van der Waals surface area (Å²) in [6, 6.07) is 1.52. The predicted octanol–water partition coefficient (Wildman–Crippen LogP) is 1.79. The van der Waals surface area contributed by atoms with Gasteiger partial charge in [-0.1, -0.05) is 20.8 Å². The molecule has 0 bridgehead atoms. The summed E-state index contributed by atoms with van der Waals surface area (Å²) in [5, 5.41) is 3.72. The van der Waals surface area contributed by atoms with Crippen molar-refractivity contribution in [3.8, 4) is 0 Å². The summed E-state index contributed by atoms with van der Waals surface area (Å²) in [6.07, 6.45) is 4.17. The Bertz CT molecular complexity index is 236. The standard InChI is InChI=1S/C15H31N3/c1-4-16-14-7-6-13(3)12-15(14)18-10-8-17(5-2)9-11-18/h13-16H,4-12H2,1-3H3. The van der Waals surface area contributed by atoms with E-state index in [0.29, 0.717) is 0 Å². The van der Waals surface area contributed by atoms with Crippen molar-refractivity contribution >= 4 is 0 Å². The minimum Gasteiger partial charge on any atom is -0.313 e. The van der Waals surface area contributed by atoms with E-state index in [2.05, 4.69) is 35.9 Å². The third-order valence-electron chi connectivity index (χ3n) is 4.87. The summed E-state index contributed by atoms with van der Waals surface area (Å²) in [4.78, 5) is 5.33. The molecule has 1 N–H and O–H groups in total. The molecule has 0 amide bonds. The van der Waals surface area contributed by atoms with Crippen molar-refractivity contribution in [3.05, 3.63) is 0 Å². The monoisotopic (exact) mass is 253 g/mol. The highest BCUT2D eigenvalue weighted by molar-refractivity contribution is 4.91. The molecule has 1 saturated carbocycles. The van der Waals surface area contributed by atoms with Gasteiger partial charge in [0.25, 0.3) is 0 Å². The van der Waals surface area contributed by atoms with Crippen molar-refractivity contribution < 1.29 is 0 Å². The Morgan fingerprint density at radius 1 is 1.06 bits per heavy atom. The molecule has 106 valence electrons. The quantitative estimate of drug-likeness (QED) is 0.824. The molecule has 1 aliphatic heterocycles. The second-order valence-corrected chi connectivity index (χ2v) is 6.12. The minimum atomic E-state index is 0.736. The van der Waals surface area contributed by atoms with E-state index < -0.39 is 0 Å². The van der Waals surface area contributed by atoms with Gasteiger partial charge in [-0.3, -0.25) is 4.90 Å². The number of piperazine rings is 1. The first-order valence-corrected chi connectivity index (χ1v) is 7.94. The molecular weight excluding hydrogens is 222 g/mol. The number of hydrogen-bond donors (Lipinski definition) is 1. The van der Waals surface area contributed by atoms with Crippen LogP contribution < -0.4 is 5.32 Å². The van der Waals surface area contributed by atoms with Gasteiger partial charge < -0.3 is 10.2 Å². The van der Waals surface area contributed by atoms with Gasteiger partial charge >= 0.3 is 0 Å². The molecule has 3 atom stereocenters. The second kappa shape index (κ2) is 6.88. The van der Waals surface area contributed by atoms with Crippen LogP contribution in [0.5, 0.6) is 0 Å². The summed E-state index contributed by atoms with van der Waals surface area (Å²) in [5.41, 5.74) is 0. The Morgan fingerprint density at radius 2 is 1.78 bits per heavy atom. The van der Waals surface area contributed by atoms with Crippen LogP contribution in [0.15, 0.2) is 0 Å². The van der Waals surface area contributed by atoms with Crippen LogP contribution in [0.2, 0.25) is 0 Å². The lowest BCUT2D eigenvalue weighted by Crippen LogP contribution is -2.58. The van der Waals surface area contributed by atoms with Crippen molar-refractivity contribution in [2.24, 2.45) is 5.92 Å². The lowest BCUT2D eigenvalue weighted by Gasteiger charge is -2.45. The van der Waals surface area contributed by atoms with Gasteiger partial charge in [-0.25, -0.2) is 0 Å². The zero-order valence-corrected chi connectivity index (χ0v) is 12.5. The van der Waals surface area contributed by atoms with Gasteiger partial charge in [-0.05, 0) is 38.3 Å². The Labute approximate surface area is 113 Å². The molecule has 3 nitrogen and oxygen atoms in total. The van der Waals surface area contributed by atoms with Crippen molar-refractivity contribution in [2.75, 3.05) is 39.3 Å². The van der Waals surface area contributed by atoms with Crippen LogP contribution in [0.25, 0.3) is 0 Å². The molecule has 3 unspecified atom stereocenters. The van der Waals surface area contributed by atoms with E-state index in [1.807, 2.05) is 0 Å². The molecule has 0 aromatic heterocycles. The van der Waals surface area contributed by atoms with Crippen LogP contribution in [0, 0.1) is 5.92 Å². The Kier molecular flexibility index (Phi) is 5.46. The number of likely N-dealkylation sites (N-methyl/N-ethyl adjacent to an activating group) is 2. The second-order valence-electron chi connectivity index (χ2n) is 6.12. The fraction of sp³-hybridized carbons (Fsp3) is 1.00. The van der Waals surface area contributed by atoms with Gasteiger partial charge in [0.05, 0.1) is 0 Å². The number of nitrogens with zero attached hydrogens (tertiary/aromatic N) is 2. The molecule has 1 saturated heterocycles. The van der Waals surface area contributed by atoms with Gasteiger partial charge in [0, 0.05) is 38.3 Å². The molecule has 3 heteroatoms. The molecule has 1 aliphatic carbocycles. The fourth-order valence-electron chi connectivity index (χ4n) is 3.67. The number of rotatable bonds is 4. The first-order valence-electron chi connectivity index (χ1n) is 7.94. The lowest BCUT2D eigenvalue weighted by molar-refractivity contribution is 0.0523. The van der Waals surface area contributed by atoms with Crippen LogP contribution >= 0.6 is 0 Å². The van der Waals surface area contributed by atoms with Crippen molar-refractivity contribution in [1.29, 1.82) is 0 Å². The van der Waals surface area contributed by atoms with E-state index in [0.717, 1.165) is 24.5 Å². The maximum atomic E-state index is 3.72. The average molecular weight is 253 g/mol. The van der Waals surface area contributed by atoms with Crippen LogP contribution in [0.4, 0.5) is 0 Å². The van der Waals surface area contributed by atoms with Crippen LogP contribution in [0.1, 0.15) is 40.0 Å². The van der Waals surface area contributed by atoms with Gasteiger partial charge in [-0.15, -0.1) is 0 Å². The number of hydrogen-bond acceptors (Lipinski definition) is 3. The molecule has 1 heterocycles. The van der Waals surface area contributed by atoms with Crippen LogP contribution in [0.3, 0.4) is 0 Å². The van der Waals surface area contributed by atoms with Crippen molar-refractivity contribution in [1.82, 2.24) is 15.1 Å². The summed E-state index contributed by atoms with van der Waals surface area (Å²) < 4.78 is 0. The first kappa shape index (κ1) is 14.3. The zero-order valence-electron chi connectivity index (χ0n) is 12.5. The van der Waals surface area contributed by atoms with E-state index in [-0.39, 0.29) is 0 Å². The predicted molar refractivity (Wildman–Crippen MR) is 78.0 cm³/mol. The minimum absolute atomic E-state index is 0.736. The van der Waals surface area contributed by atoms with Crippen LogP contribution in [-0.4, -0.2) is 61.2 Å². The molecule has 2 rings (SSSR count). The number of nitrogens with one attached hydrogen (secondary N) is 1. The molecule has 0 aromatic carbocycles. The Balaban J connectivity index is 1.91. The van der Waals surface area contributed by atoms with Gasteiger partial charge in [0.1, 0.15) is 0 Å². The average Bonchev–Trinajstić information content (AvgIpc) is 2.41. The Hall–Kier alpha value is -0.120. The van der Waals surface area contributed by atoms with E-state index in [4.69, 9.17) is 0 Å². The molecule has 0 aromatic rings. The van der Waals surface area contributed by atoms with Crippen molar-refractivity contribution in [2.45, 2.75) is 52.1 Å². The molecular formula is C15H31N3. The lowest BCUT2D eigenvalue weighted by atomic mass is 9.82. The molecule has 2 fully saturated rings. The summed E-state index contributed by atoms with van der Waals surface area (Å²) in [7, 11) is 0. The topological polar surface area (TPSA) is 18.5 Å². The molecule has 2 aliphatic rings. The first-order chi connectivity index (χ1) is 8.74. The zero-order chi connectivity index (χ0) is 13.0. The molecule has 18 heavy (non-hydrogen) atoms. The smallest absolute Gasteiger partial charge is 0.0252 e. The SMILES string of the molecule is CCNC1CCC(C)CC1N1CCN(CC)CC1. The van der Waals surface area contributed by atoms with Crippen LogP contribution in [-0.2, 0) is 0 Å². The highest BCUT2D eigenvalue weighted by atomic mass is 15.3. The third-order valence-corrected chi connectivity index (χ3v) is 4.87. The van der Waals surface area contributed by atoms with E-state index in [1.165, 1.54) is 52.0 Å². The summed E-state index contributed by atoms with van der Waals surface area (Å²) in [5.74, 6) is 0.911. The third kappa shape index (κ3) is 3.46. The highest BCUT2D eigenvalue weighted by Crippen LogP contribution is 2.28. The van der Waals surface area contributed by atoms with Gasteiger partial charge in [-0.2, -0.15) is 0 Å². The largest absolute Gasteiger partial charge is 0.313 e. The fourth-order valence-corrected chi connectivity index (χ4v) is 3.67. The molecule has 0 spiro atoms. The summed E-state index contributed by atoms with van der Waals surface area (Å²) in [6.45, 7) is 14.3. The van der Waals surface area contributed by atoms with Gasteiger partial charge in [0.2, 0.25) is 0 Å². The van der Waals surface area contributed by atoms with Crippen molar-refractivity contribution in [3.63, 3.8) is 0 Å². The maximum absolute atomic E-state index is 3.72. The van der Waals surface area contributed by atoms with E-state index in [1.54, 1.807) is 0 Å². The normalized spacial score (nSPS) is 35.8.